The molecule has 1 amide bonds. The van der Waals surface area contributed by atoms with Crippen LogP contribution in [0.4, 0.5) is 16.4 Å². The zero-order valence-electron chi connectivity index (χ0n) is 23.5. The minimum atomic E-state index is -4.01. The van der Waals surface area contributed by atoms with Gasteiger partial charge in [-0.2, -0.15) is 0 Å². The van der Waals surface area contributed by atoms with Gasteiger partial charge < -0.3 is 19.9 Å². The first-order valence-electron chi connectivity index (χ1n) is 13.1. The van der Waals surface area contributed by atoms with Crippen molar-refractivity contribution in [2.45, 2.75) is 44.6 Å². The van der Waals surface area contributed by atoms with Crippen LogP contribution in [0.1, 0.15) is 31.9 Å². The molecule has 0 aliphatic carbocycles. The first-order chi connectivity index (χ1) is 19.3. The molecule has 0 unspecified atom stereocenters. The first-order valence-corrected chi connectivity index (χ1v) is 15.0. The molecule has 0 fully saturated rings. The third kappa shape index (κ3) is 5.89. The molecule has 2 N–H and O–H groups in total. The zero-order chi connectivity index (χ0) is 29.5. The maximum atomic E-state index is 14.2. The molecule has 41 heavy (non-hydrogen) atoms. The molecule has 0 saturated heterocycles. The van der Waals surface area contributed by atoms with Crippen LogP contribution in [0.3, 0.4) is 0 Å². The Labute approximate surface area is 244 Å². The average molecular weight is 594 g/mol. The molecule has 2 aromatic heterocycles. The molecule has 5 rings (SSSR count). The quantitative estimate of drug-likeness (QED) is 0.222. The van der Waals surface area contributed by atoms with Crippen molar-refractivity contribution in [3.05, 3.63) is 83.1 Å². The summed E-state index contributed by atoms with van der Waals surface area (Å²) >= 11 is 6.41. The Kier molecular flexibility index (Phi) is 7.48. The van der Waals surface area contributed by atoms with Crippen LogP contribution in [-0.2, 0) is 28.2 Å². The molecule has 0 bridgehead atoms. The topological polar surface area (TPSA) is 107 Å². The van der Waals surface area contributed by atoms with Crippen molar-refractivity contribution in [2.75, 3.05) is 11.9 Å². The third-order valence-electron chi connectivity index (χ3n) is 6.56. The number of nitrogens with zero attached hydrogens (tertiary/aromatic N) is 3. The number of halogens is 1. The number of anilines is 2. The van der Waals surface area contributed by atoms with Crippen LogP contribution in [0, 0.1) is 6.92 Å². The molecule has 0 radical (unpaired) electrons. The summed E-state index contributed by atoms with van der Waals surface area (Å²) in [6.07, 6.45) is 3.30. The van der Waals surface area contributed by atoms with Gasteiger partial charge in [0.25, 0.3) is 10.0 Å². The van der Waals surface area contributed by atoms with Crippen molar-refractivity contribution in [2.24, 2.45) is 7.05 Å². The Morgan fingerprint density at radius 2 is 1.78 bits per heavy atom. The summed E-state index contributed by atoms with van der Waals surface area (Å²) in [6.45, 7) is 7.51. The lowest BCUT2D eigenvalue weighted by molar-refractivity contribution is 0.0528. The van der Waals surface area contributed by atoms with Gasteiger partial charge in [0, 0.05) is 47.5 Å². The Hall–Kier alpha value is -4.02. The van der Waals surface area contributed by atoms with Gasteiger partial charge in [0.05, 0.1) is 15.9 Å². The number of benzene rings is 3. The highest BCUT2D eigenvalue weighted by atomic mass is 35.5. The number of aryl methyl sites for hydroxylation is 2. The van der Waals surface area contributed by atoms with Gasteiger partial charge >= 0.3 is 6.09 Å². The minimum Gasteiger partial charge on any atom is -0.444 e. The smallest absolute Gasteiger partial charge is 0.407 e. The number of carbonyl (C=O) groups is 1. The van der Waals surface area contributed by atoms with E-state index in [0.717, 1.165) is 5.56 Å². The fourth-order valence-electron chi connectivity index (χ4n) is 4.72. The van der Waals surface area contributed by atoms with Crippen LogP contribution in [0.2, 0.25) is 5.02 Å². The Balaban J connectivity index is 1.71. The molecular formula is C30H32ClN5O4S. The Bertz CT molecular complexity index is 1870. The fraction of sp³-hybridized carbons (Fsp3) is 0.267. The highest BCUT2D eigenvalue weighted by molar-refractivity contribution is 7.90. The number of hydrogen-bond acceptors (Lipinski definition) is 6. The summed E-state index contributed by atoms with van der Waals surface area (Å²) in [5.41, 5.74) is 2.75. The van der Waals surface area contributed by atoms with E-state index in [-0.39, 0.29) is 11.4 Å². The molecule has 3 aromatic carbocycles. The van der Waals surface area contributed by atoms with Crippen molar-refractivity contribution in [1.29, 1.82) is 0 Å². The van der Waals surface area contributed by atoms with E-state index < -0.39 is 21.7 Å². The molecule has 0 saturated carbocycles. The third-order valence-corrected chi connectivity index (χ3v) is 8.52. The van der Waals surface area contributed by atoms with Crippen molar-refractivity contribution in [3.8, 4) is 0 Å². The Morgan fingerprint density at radius 1 is 1.05 bits per heavy atom. The van der Waals surface area contributed by atoms with Crippen LogP contribution >= 0.6 is 11.6 Å². The molecule has 0 spiro atoms. The molecule has 5 aromatic rings. The van der Waals surface area contributed by atoms with E-state index in [4.69, 9.17) is 16.3 Å². The molecule has 11 heteroatoms. The van der Waals surface area contributed by atoms with E-state index in [1.54, 1.807) is 69.4 Å². The number of amides is 1. The van der Waals surface area contributed by atoms with Gasteiger partial charge in [-0.05, 0) is 82.1 Å². The number of carbonyl (C=O) groups excluding carboxylic acids is 1. The second-order valence-corrected chi connectivity index (χ2v) is 13.2. The van der Waals surface area contributed by atoms with E-state index in [0.29, 0.717) is 50.4 Å². The van der Waals surface area contributed by atoms with E-state index >= 15 is 0 Å². The minimum absolute atomic E-state index is 0.171. The number of alkyl carbamates (subject to hydrolysis) is 1. The average Bonchev–Trinajstić information content (AvgIpc) is 3.44. The number of hydrogen-bond donors (Lipinski definition) is 2. The number of rotatable bonds is 7. The van der Waals surface area contributed by atoms with E-state index in [1.807, 2.05) is 36.9 Å². The molecule has 214 valence electrons. The lowest BCUT2D eigenvalue weighted by Gasteiger charge is -2.20. The van der Waals surface area contributed by atoms with Gasteiger partial charge in [-0.1, -0.05) is 29.3 Å². The maximum Gasteiger partial charge on any atom is 0.407 e. The second-order valence-electron chi connectivity index (χ2n) is 10.9. The summed E-state index contributed by atoms with van der Waals surface area (Å²) < 4.78 is 37.0. The van der Waals surface area contributed by atoms with Crippen molar-refractivity contribution < 1.29 is 17.9 Å². The lowest BCUT2D eigenvalue weighted by Crippen LogP contribution is -2.33. The monoisotopic (exact) mass is 593 g/mol. The van der Waals surface area contributed by atoms with E-state index in [2.05, 4.69) is 15.6 Å². The van der Waals surface area contributed by atoms with Crippen molar-refractivity contribution in [1.82, 2.24) is 18.8 Å². The van der Waals surface area contributed by atoms with Gasteiger partial charge in [0.15, 0.2) is 0 Å². The number of aromatic nitrogens is 3. The van der Waals surface area contributed by atoms with Crippen molar-refractivity contribution in [3.63, 3.8) is 0 Å². The van der Waals surface area contributed by atoms with E-state index in [9.17, 15) is 13.2 Å². The zero-order valence-corrected chi connectivity index (χ0v) is 25.1. The molecule has 0 atom stereocenters. The summed E-state index contributed by atoms with van der Waals surface area (Å²) in [5, 5.41) is 7.99. The fourth-order valence-corrected chi connectivity index (χ4v) is 6.45. The highest BCUT2D eigenvalue weighted by Crippen LogP contribution is 2.38. The molecular weight excluding hydrogens is 562 g/mol. The summed E-state index contributed by atoms with van der Waals surface area (Å²) in [4.78, 5) is 16.9. The van der Waals surface area contributed by atoms with Crippen molar-refractivity contribution >= 4 is 61.2 Å². The Morgan fingerprint density at radius 3 is 2.44 bits per heavy atom. The largest absolute Gasteiger partial charge is 0.444 e. The number of nitrogens with one attached hydrogen (secondary N) is 2. The predicted molar refractivity (Wildman–Crippen MR) is 163 cm³/mol. The number of ether oxygens (including phenoxy) is 1. The molecule has 0 aliphatic rings. The molecule has 9 nitrogen and oxygen atoms in total. The standard InChI is InChI=1S/C30H32ClN5O4S/c1-19-6-9-23(10-7-19)41(38,39)36-26-11-8-21(31)17-24(26)25-18-22(34-28-32-14-15-35(28)5)16-20(27(25)36)12-13-33-29(37)40-30(2,3)4/h6-11,14-18H,12-13H2,1-5H3,(H,32,34)(H,33,37). The van der Waals surface area contributed by atoms with Crippen LogP contribution in [0.25, 0.3) is 21.8 Å². The normalized spacial score (nSPS) is 12.1. The lowest BCUT2D eigenvalue weighted by atomic mass is 10.0. The van der Waals surface area contributed by atoms with Gasteiger partial charge in [-0.25, -0.2) is 22.2 Å². The number of fused-ring (bicyclic) bond motifs is 3. The highest BCUT2D eigenvalue weighted by Gasteiger charge is 2.26. The second kappa shape index (κ2) is 10.8. The van der Waals surface area contributed by atoms with Gasteiger partial charge in [-0.15, -0.1) is 0 Å². The number of imidazole rings is 1. The van der Waals surface area contributed by atoms with Crippen LogP contribution in [0.15, 0.2) is 71.9 Å². The predicted octanol–water partition coefficient (Wildman–Crippen LogP) is 6.54. The van der Waals surface area contributed by atoms with Gasteiger partial charge in [0.1, 0.15) is 5.60 Å². The SMILES string of the molecule is Cc1ccc(S(=O)(=O)n2c3ccc(Cl)cc3c3cc(Nc4nccn4C)cc(CCNC(=O)OC(C)(C)C)c32)cc1. The van der Waals surface area contributed by atoms with Gasteiger partial charge in [0.2, 0.25) is 5.95 Å². The summed E-state index contributed by atoms with van der Waals surface area (Å²) in [5.74, 6) is 0.622. The van der Waals surface area contributed by atoms with E-state index in [1.165, 1.54) is 3.97 Å². The van der Waals surface area contributed by atoms with Gasteiger partial charge in [-0.3, -0.25) is 0 Å². The van der Waals surface area contributed by atoms with Crippen LogP contribution in [0.5, 0.6) is 0 Å². The summed E-state index contributed by atoms with van der Waals surface area (Å²) in [7, 11) is -2.14. The maximum absolute atomic E-state index is 14.2. The van der Waals surface area contributed by atoms with Crippen LogP contribution < -0.4 is 10.6 Å². The first kappa shape index (κ1) is 28.5. The molecule has 2 heterocycles. The van der Waals surface area contributed by atoms with Crippen LogP contribution in [-0.4, -0.2) is 40.2 Å². The molecule has 0 aliphatic heterocycles. The summed E-state index contributed by atoms with van der Waals surface area (Å²) in [6, 6.07) is 15.7.